The Morgan fingerprint density at radius 2 is 1.42 bits per heavy atom. The average Bonchev–Trinajstić information content (AvgIpc) is 2.42. The first-order valence-electron chi connectivity index (χ1n) is 8.02. The van der Waals surface area contributed by atoms with Gasteiger partial charge in [-0.05, 0) is 19.8 Å². The molecule has 0 aliphatic heterocycles. The van der Waals surface area contributed by atoms with Crippen molar-refractivity contribution >= 4 is 11.6 Å². The van der Waals surface area contributed by atoms with Gasteiger partial charge in [0.1, 0.15) is 0 Å². The molecule has 1 N–H and O–H groups in total. The van der Waals surface area contributed by atoms with Gasteiger partial charge in [-0.2, -0.15) is 5.10 Å². The molecule has 0 aromatic carbocycles. The molecule has 0 aromatic heterocycles. The van der Waals surface area contributed by atoms with Crippen LogP contribution < -0.4 is 5.43 Å². The molecule has 0 saturated carbocycles. The molecule has 19 heavy (non-hydrogen) atoms. The predicted molar refractivity (Wildman–Crippen MR) is 83.4 cm³/mol. The average molecular weight is 268 g/mol. The third-order valence-corrected chi connectivity index (χ3v) is 3.39. The fourth-order valence-electron chi connectivity index (χ4n) is 1.89. The number of hydrogen-bond donors (Lipinski definition) is 1. The number of carbonyl (C=O) groups is 1. The summed E-state index contributed by atoms with van der Waals surface area (Å²) in [4.78, 5) is 11.5. The van der Waals surface area contributed by atoms with Crippen LogP contribution in [0.4, 0.5) is 0 Å². The smallest absolute Gasteiger partial charge is 0.240 e. The third kappa shape index (κ3) is 13.4. The van der Waals surface area contributed by atoms with Crippen molar-refractivity contribution in [2.24, 2.45) is 5.10 Å². The predicted octanol–water partition coefficient (Wildman–Crippen LogP) is 4.81. The first-order chi connectivity index (χ1) is 9.20. The Balaban J connectivity index is 3.28. The summed E-state index contributed by atoms with van der Waals surface area (Å²) in [5.74, 6) is 0.0516. The van der Waals surface area contributed by atoms with Crippen molar-refractivity contribution < 1.29 is 4.79 Å². The quantitative estimate of drug-likeness (QED) is 0.308. The number of unbranched alkanes of at least 4 members (excludes halogenated alkanes) is 8. The highest BCUT2D eigenvalue weighted by Gasteiger charge is 1.99. The van der Waals surface area contributed by atoms with Crippen LogP contribution in [0.15, 0.2) is 5.10 Å². The zero-order chi connectivity index (χ0) is 14.3. The van der Waals surface area contributed by atoms with Gasteiger partial charge in [-0.1, -0.05) is 65.2 Å². The van der Waals surface area contributed by atoms with E-state index in [1.807, 2.05) is 13.8 Å². The second kappa shape index (κ2) is 13.6. The summed E-state index contributed by atoms with van der Waals surface area (Å²) >= 11 is 0. The normalized spacial score (nSPS) is 11.6. The van der Waals surface area contributed by atoms with Gasteiger partial charge in [0.15, 0.2) is 0 Å². The van der Waals surface area contributed by atoms with Crippen LogP contribution in [-0.4, -0.2) is 11.6 Å². The summed E-state index contributed by atoms with van der Waals surface area (Å²) in [5, 5.41) is 4.02. The Morgan fingerprint density at radius 1 is 0.895 bits per heavy atom. The van der Waals surface area contributed by atoms with Gasteiger partial charge in [-0.3, -0.25) is 4.79 Å². The van der Waals surface area contributed by atoms with E-state index in [-0.39, 0.29) is 5.91 Å². The lowest BCUT2D eigenvalue weighted by molar-refractivity contribution is -0.121. The first kappa shape index (κ1) is 18.1. The minimum atomic E-state index is 0.0516. The second-order valence-electron chi connectivity index (χ2n) is 5.31. The van der Waals surface area contributed by atoms with E-state index in [1.54, 1.807) is 0 Å². The lowest BCUT2D eigenvalue weighted by Gasteiger charge is -2.02. The lowest BCUT2D eigenvalue weighted by atomic mass is 10.1. The molecule has 0 unspecified atom stereocenters. The molecule has 0 spiro atoms. The van der Waals surface area contributed by atoms with Gasteiger partial charge in [-0.15, -0.1) is 0 Å². The molecule has 0 aliphatic carbocycles. The van der Waals surface area contributed by atoms with Gasteiger partial charge in [0.05, 0.1) is 0 Å². The van der Waals surface area contributed by atoms with Crippen LogP contribution in [0.3, 0.4) is 0 Å². The van der Waals surface area contributed by atoms with E-state index in [2.05, 4.69) is 17.5 Å². The number of rotatable bonds is 12. The molecule has 0 aromatic rings. The highest BCUT2D eigenvalue weighted by molar-refractivity contribution is 5.84. The summed E-state index contributed by atoms with van der Waals surface area (Å²) in [5.41, 5.74) is 3.58. The molecule has 3 nitrogen and oxygen atoms in total. The molecular formula is C16H32N2O. The zero-order valence-corrected chi connectivity index (χ0v) is 13.1. The van der Waals surface area contributed by atoms with Crippen molar-refractivity contribution in [3.8, 4) is 0 Å². The van der Waals surface area contributed by atoms with Crippen LogP contribution in [-0.2, 0) is 4.79 Å². The van der Waals surface area contributed by atoms with Gasteiger partial charge >= 0.3 is 0 Å². The summed E-state index contributed by atoms with van der Waals surface area (Å²) in [6.45, 7) is 6.21. The number of carbonyl (C=O) groups excluding carboxylic acids is 1. The van der Waals surface area contributed by atoms with E-state index in [0.29, 0.717) is 6.42 Å². The molecule has 1 amide bonds. The van der Waals surface area contributed by atoms with E-state index >= 15 is 0 Å². The summed E-state index contributed by atoms with van der Waals surface area (Å²) < 4.78 is 0. The van der Waals surface area contributed by atoms with E-state index < -0.39 is 0 Å². The fourth-order valence-corrected chi connectivity index (χ4v) is 1.89. The van der Waals surface area contributed by atoms with Crippen molar-refractivity contribution in [2.75, 3.05) is 0 Å². The fraction of sp³-hybridized carbons (Fsp3) is 0.875. The number of nitrogens with zero attached hydrogens (tertiary/aromatic N) is 1. The summed E-state index contributed by atoms with van der Waals surface area (Å²) in [7, 11) is 0. The standard InChI is InChI=1S/C16H32N2O/c1-4-6-7-8-9-10-11-12-13-14-16(19)18-17-15(3)5-2/h4-14H2,1-3H3,(H,18,19)/b17-15+. The molecule has 0 radical (unpaired) electrons. The van der Waals surface area contributed by atoms with E-state index in [4.69, 9.17) is 0 Å². The Labute approximate surface area is 119 Å². The molecular weight excluding hydrogens is 236 g/mol. The lowest BCUT2D eigenvalue weighted by Crippen LogP contribution is -2.18. The van der Waals surface area contributed by atoms with Gasteiger partial charge in [-0.25, -0.2) is 5.43 Å². The largest absolute Gasteiger partial charge is 0.273 e. The van der Waals surface area contributed by atoms with Crippen molar-refractivity contribution in [2.45, 2.75) is 91.4 Å². The van der Waals surface area contributed by atoms with Crippen molar-refractivity contribution in [3.05, 3.63) is 0 Å². The number of amides is 1. The zero-order valence-electron chi connectivity index (χ0n) is 13.1. The molecule has 0 aliphatic rings. The highest BCUT2D eigenvalue weighted by atomic mass is 16.2. The molecule has 112 valence electrons. The SMILES string of the molecule is CCCCCCCCCCCC(=O)N/N=C(\C)CC. The van der Waals surface area contributed by atoms with Gasteiger partial charge in [0.2, 0.25) is 5.91 Å². The van der Waals surface area contributed by atoms with Crippen LogP contribution in [0, 0.1) is 0 Å². The Bertz CT molecular complexity index is 249. The minimum Gasteiger partial charge on any atom is -0.273 e. The number of nitrogens with one attached hydrogen (secondary N) is 1. The second-order valence-corrected chi connectivity index (χ2v) is 5.31. The molecule has 0 fully saturated rings. The van der Waals surface area contributed by atoms with Crippen LogP contribution in [0.5, 0.6) is 0 Å². The van der Waals surface area contributed by atoms with Crippen LogP contribution in [0.2, 0.25) is 0 Å². The van der Waals surface area contributed by atoms with E-state index in [0.717, 1.165) is 25.0 Å². The topological polar surface area (TPSA) is 41.5 Å². The maximum Gasteiger partial charge on any atom is 0.240 e. The number of hydrogen-bond acceptors (Lipinski definition) is 2. The van der Waals surface area contributed by atoms with E-state index in [9.17, 15) is 4.79 Å². The maximum atomic E-state index is 11.5. The Kier molecular flexibility index (Phi) is 13.0. The van der Waals surface area contributed by atoms with Crippen LogP contribution >= 0.6 is 0 Å². The molecule has 3 heteroatoms. The highest BCUT2D eigenvalue weighted by Crippen LogP contribution is 2.10. The summed E-state index contributed by atoms with van der Waals surface area (Å²) in [6.07, 6.45) is 13.0. The van der Waals surface area contributed by atoms with Crippen molar-refractivity contribution in [1.82, 2.24) is 5.43 Å². The minimum absolute atomic E-state index is 0.0516. The summed E-state index contributed by atoms with van der Waals surface area (Å²) in [6, 6.07) is 0. The maximum absolute atomic E-state index is 11.5. The molecule has 0 rings (SSSR count). The van der Waals surface area contributed by atoms with Crippen molar-refractivity contribution in [1.29, 1.82) is 0 Å². The van der Waals surface area contributed by atoms with Crippen LogP contribution in [0.25, 0.3) is 0 Å². The Morgan fingerprint density at radius 3 is 1.95 bits per heavy atom. The van der Waals surface area contributed by atoms with Gasteiger partial charge in [0.25, 0.3) is 0 Å². The molecule has 0 atom stereocenters. The van der Waals surface area contributed by atoms with E-state index in [1.165, 1.54) is 44.9 Å². The monoisotopic (exact) mass is 268 g/mol. The third-order valence-electron chi connectivity index (χ3n) is 3.39. The Hall–Kier alpha value is -0.860. The number of hydrazone groups is 1. The van der Waals surface area contributed by atoms with Crippen molar-refractivity contribution in [3.63, 3.8) is 0 Å². The van der Waals surface area contributed by atoms with Gasteiger partial charge < -0.3 is 0 Å². The van der Waals surface area contributed by atoms with Crippen LogP contribution in [0.1, 0.15) is 91.4 Å². The van der Waals surface area contributed by atoms with Gasteiger partial charge in [0, 0.05) is 12.1 Å². The molecule has 0 bridgehead atoms. The molecule has 0 heterocycles. The first-order valence-corrected chi connectivity index (χ1v) is 8.02. The molecule has 0 saturated heterocycles.